The zero-order valence-electron chi connectivity index (χ0n) is 19.9. The molecule has 2 atom stereocenters. The van der Waals surface area contributed by atoms with Crippen LogP contribution in [-0.2, 0) is 9.53 Å². The molecule has 2 saturated heterocycles. The van der Waals surface area contributed by atoms with Crippen LogP contribution < -0.4 is 5.32 Å². The molecule has 3 heterocycles. The molecule has 0 radical (unpaired) electrons. The minimum atomic E-state index is -0.237. The maximum absolute atomic E-state index is 12.9. The molecule has 3 aliphatic rings. The van der Waals surface area contributed by atoms with Crippen molar-refractivity contribution in [3.63, 3.8) is 0 Å². The van der Waals surface area contributed by atoms with Gasteiger partial charge in [0.2, 0.25) is 5.91 Å². The van der Waals surface area contributed by atoms with Gasteiger partial charge in [-0.1, -0.05) is 6.92 Å². The average molecular weight is 446 g/mol. The summed E-state index contributed by atoms with van der Waals surface area (Å²) in [7, 11) is 0. The van der Waals surface area contributed by atoms with E-state index in [1.807, 2.05) is 19.9 Å². The highest BCUT2D eigenvalue weighted by molar-refractivity contribution is 5.83. The van der Waals surface area contributed by atoms with Gasteiger partial charge in [0.15, 0.2) is 0 Å². The van der Waals surface area contributed by atoms with E-state index in [0.717, 1.165) is 69.7 Å². The number of likely N-dealkylation sites (tertiary alicyclic amines) is 2. The highest BCUT2D eigenvalue weighted by Crippen LogP contribution is 2.59. The second kappa shape index (κ2) is 9.86. The largest absolute Gasteiger partial charge is 0.466 e. The standard InChI is InChI=1S/C25H39N3O4/c1-4-31-24(30)28-13-8-20(9-14-28)26-23(29)21-17-25(21)10-15-27(16-11-25)12-7-18(2)22-6-5-19(3)32-22/h5-6,18,20-21H,4,7-17H2,1-3H3,(H,26,29). The number of furan rings is 1. The lowest BCUT2D eigenvalue weighted by atomic mass is 9.90. The van der Waals surface area contributed by atoms with Gasteiger partial charge in [-0.2, -0.15) is 0 Å². The number of amides is 2. The van der Waals surface area contributed by atoms with E-state index in [1.165, 1.54) is 0 Å². The molecule has 1 aromatic rings. The third-order valence-corrected chi connectivity index (χ3v) is 7.85. The molecule has 2 aliphatic heterocycles. The number of hydrogen-bond acceptors (Lipinski definition) is 5. The van der Waals surface area contributed by atoms with Crippen molar-refractivity contribution in [1.29, 1.82) is 0 Å². The second-order valence-electron chi connectivity index (χ2n) is 10.1. The number of piperidine rings is 2. The van der Waals surface area contributed by atoms with Crippen LogP contribution >= 0.6 is 0 Å². The van der Waals surface area contributed by atoms with Gasteiger partial charge in [0, 0.05) is 31.0 Å². The van der Waals surface area contributed by atoms with Crippen LogP contribution in [0.2, 0.25) is 0 Å². The SMILES string of the molecule is CCOC(=O)N1CCC(NC(=O)C2CC23CCN(CCC(C)c2ccc(C)o2)CC3)CC1. The maximum Gasteiger partial charge on any atom is 0.409 e. The van der Waals surface area contributed by atoms with E-state index in [0.29, 0.717) is 25.6 Å². The molecule has 1 N–H and O–H groups in total. The smallest absolute Gasteiger partial charge is 0.409 e. The van der Waals surface area contributed by atoms with Gasteiger partial charge in [-0.15, -0.1) is 0 Å². The Balaban J connectivity index is 1.15. The number of ether oxygens (including phenoxy) is 1. The number of aryl methyl sites for hydroxylation is 1. The van der Waals surface area contributed by atoms with Gasteiger partial charge in [-0.25, -0.2) is 4.79 Å². The lowest BCUT2D eigenvalue weighted by molar-refractivity contribution is -0.124. The fourth-order valence-corrected chi connectivity index (χ4v) is 5.45. The molecule has 1 spiro atoms. The van der Waals surface area contributed by atoms with Crippen molar-refractivity contribution >= 4 is 12.0 Å². The van der Waals surface area contributed by atoms with Crippen LogP contribution in [0.1, 0.15) is 69.8 Å². The Morgan fingerprint density at radius 2 is 1.94 bits per heavy atom. The van der Waals surface area contributed by atoms with Gasteiger partial charge in [-0.05, 0) is 89.6 Å². The number of carbonyl (C=O) groups excluding carboxylic acids is 2. The molecule has 32 heavy (non-hydrogen) atoms. The van der Waals surface area contributed by atoms with Crippen molar-refractivity contribution in [3.05, 3.63) is 23.7 Å². The molecule has 4 rings (SSSR count). The zero-order chi connectivity index (χ0) is 22.7. The highest BCUT2D eigenvalue weighted by Gasteiger charge is 2.58. The molecule has 1 aliphatic carbocycles. The summed E-state index contributed by atoms with van der Waals surface area (Å²) in [6.07, 6.45) is 5.78. The van der Waals surface area contributed by atoms with Crippen molar-refractivity contribution in [2.24, 2.45) is 11.3 Å². The molecule has 178 valence electrons. The fourth-order valence-electron chi connectivity index (χ4n) is 5.45. The molecule has 2 amide bonds. The van der Waals surface area contributed by atoms with Gasteiger partial charge in [0.25, 0.3) is 0 Å². The van der Waals surface area contributed by atoms with E-state index in [9.17, 15) is 9.59 Å². The number of carbonyl (C=O) groups is 2. The molecule has 7 nitrogen and oxygen atoms in total. The lowest BCUT2D eigenvalue weighted by Gasteiger charge is -2.34. The quantitative estimate of drug-likeness (QED) is 0.689. The van der Waals surface area contributed by atoms with Gasteiger partial charge in [-0.3, -0.25) is 4.79 Å². The summed E-state index contributed by atoms with van der Waals surface area (Å²) >= 11 is 0. The Morgan fingerprint density at radius 3 is 2.56 bits per heavy atom. The first-order valence-electron chi connectivity index (χ1n) is 12.4. The Bertz CT molecular complexity index is 791. The highest BCUT2D eigenvalue weighted by atomic mass is 16.6. The van der Waals surface area contributed by atoms with Gasteiger partial charge < -0.3 is 24.3 Å². The predicted molar refractivity (Wildman–Crippen MR) is 122 cm³/mol. The molecule has 7 heteroatoms. The van der Waals surface area contributed by atoms with Gasteiger partial charge >= 0.3 is 6.09 Å². The maximum atomic E-state index is 12.9. The monoisotopic (exact) mass is 445 g/mol. The summed E-state index contributed by atoms with van der Waals surface area (Å²) < 4.78 is 10.8. The first-order chi connectivity index (χ1) is 15.4. The molecule has 2 unspecified atom stereocenters. The van der Waals surface area contributed by atoms with Crippen LogP contribution in [0.4, 0.5) is 4.79 Å². The molecule has 0 bridgehead atoms. The number of rotatable bonds is 7. The fraction of sp³-hybridized carbons (Fsp3) is 0.760. The van der Waals surface area contributed by atoms with E-state index in [4.69, 9.17) is 9.15 Å². The number of hydrogen-bond donors (Lipinski definition) is 1. The molecule has 0 aromatic carbocycles. The Labute approximate surface area is 191 Å². The van der Waals surface area contributed by atoms with Crippen LogP contribution in [0.15, 0.2) is 16.5 Å². The Hall–Kier alpha value is -2.02. The van der Waals surface area contributed by atoms with E-state index >= 15 is 0 Å². The van der Waals surface area contributed by atoms with Gasteiger partial charge in [0.05, 0.1) is 6.61 Å². The normalized spacial score (nSPS) is 24.3. The van der Waals surface area contributed by atoms with E-state index in [2.05, 4.69) is 23.2 Å². The minimum absolute atomic E-state index is 0.178. The topological polar surface area (TPSA) is 75.0 Å². The van der Waals surface area contributed by atoms with E-state index < -0.39 is 0 Å². The first-order valence-corrected chi connectivity index (χ1v) is 12.4. The van der Waals surface area contributed by atoms with Crippen molar-refractivity contribution in [2.45, 2.75) is 71.3 Å². The summed E-state index contributed by atoms with van der Waals surface area (Å²) in [6, 6.07) is 4.32. The summed E-state index contributed by atoms with van der Waals surface area (Å²) in [5.41, 5.74) is 0.232. The first kappa shape index (κ1) is 23.1. The van der Waals surface area contributed by atoms with E-state index in [1.54, 1.807) is 4.90 Å². The third-order valence-electron chi connectivity index (χ3n) is 7.85. The molecule has 3 fully saturated rings. The lowest BCUT2D eigenvalue weighted by Crippen LogP contribution is -2.47. The summed E-state index contributed by atoms with van der Waals surface area (Å²) in [4.78, 5) is 29.0. The van der Waals surface area contributed by atoms with Crippen LogP contribution in [-0.4, -0.2) is 67.2 Å². The minimum Gasteiger partial charge on any atom is -0.466 e. The number of nitrogens with one attached hydrogen (secondary N) is 1. The summed E-state index contributed by atoms with van der Waals surface area (Å²) in [6.45, 7) is 11.0. The van der Waals surface area contributed by atoms with Crippen LogP contribution in [0.25, 0.3) is 0 Å². The Kier molecular flexibility index (Phi) is 7.13. The Morgan fingerprint density at radius 1 is 1.22 bits per heavy atom. The predicted octanol–water partition coefficient (Wildman–Crippen LogP) is 3.92. The van der Waals surface area contributed by atoms with Crippen LogP contribution in [0.3, 0.4) is 0 Å². The molecular formula is C25H39N3O4. The van der Waals surface area contributed by atoms with Gasteiger partial charge in [0.1, 0.15) is 11.5 Å². The van der Waals surface area contributed by atoms with Crippen LogP contribution in [0.5, 0.6) is 0 Å². The van der Waals surface area contributed by atoms with Crippen LogP contribution in [0, 0.1) is 18.3 Å². The molecule has 1 aromatic heterocycles. The number of nitrogens with zero attached hydrogens (tertiary/aromatic N) is 2. The summed E-state index contributed by atoms with van der Waals surface area (Å²) in [5.74, 6) is 2.92. The molecule has 1 saturated carbocycles. The zero-order valence-corrected chi connectivity index (χ0v) is 19.9. The second-order valence-corrected chi connectivity index (χ2v) is 10.1. The molecular weight excluding hydrogens is 406 g/mol. The average Bonchev–Trinajstić information content (AvgIpc) is 3.31. The van der Waals surface area contributed by atoms with Crippen molar-refractivity contribution < 1.29 is 18.7 Å². The van der Waals surface area contributed by atoms with Crippen molar-refractivity contribution in [3.8, 4) is 0 Å². The summed E-state index contributed by atoms with van der Waals surface area (Å²) in [5, 5.41) is 3.27. The van der Waals surface area contributed by atoms with Crippen molar-refractivity contribution in [1.82, 2.24) is 15.1 Å². The third kappa shape index (κ3) is 5.30. The van der Waals surface area contributed by atoms with E-state index in [-0.39, 0.29) is 29.4 Å². The van der Waals surface area contributed by atoms with Crippen molar-refractivity contribution in [2.75, 3.05) is 39.3 Å².